The van der Waals surface area contributed by atoms with Gasteiger partial charge in [-0.1, -0.05) is 41.5 Å². The van der Waals surface area contributed by atoms with Gasteiger partial charge in [0.25, 0.3) is 0 Å². The standard InChI is InChI=1S/C17H20O3S/c1-12-4-7-15(8-5-12)21(19,20)11-17(18)16-9-6-13(2)10-14(16)3/h4-10,17-18H,11H2,1-3H3. The average molecular weight is 304 g/mol. The minimum atomic E-state index is -3.50. The van der Waals surface area contributed by atoms with Gasteiger partial charge in [0.15, 0.2) is 9.84 Å². The summed E-state index contributed by atoms with van der Waals surface area (Å²) in [5.74, 6) is -0.306. The maximum Gasteiger partial charge on any atom is 0.181 e. The lowest BCUT2D eigenvalue weighted by molar-refractivity contribution is 0.201. The van der Waals surface area contributed by atoms with Crippen LogP contribution in [0.15, 0.2) is 47.4 Å². The molecule has 4 heteroatoms. The minimum Gasteiger partial charge on any atom is -0.387 e. The van der Waals surface area contributed by atoms with Crippen LogP contribution in [0.5, 0.6) is 0 Å². The van der Waals surface area contributed by atoms with E-state index in [1.807, 2.05) is 32.9 Å². The van der Waals surface area contributed by atoms with Crippen molar-refractivity contribution in [3.05, 3.63) is 64.7 Å². The van der Waals surface area contributed by atoms with Gasteiger partial charge in [-0.2, -0.15) is 0 Å². The van der Waals surface area contributed by atoms with E-state index in [2.05, 4.69) is 0 Å². The van der Waals surface area contributed by atoms with Gasteiger partial charge in [-0.25, -0.2) is 8.42 Å². The first-order valence-corrected chi connectivity index (χ1v) is 8.49. The smallest absolute Gasteiger partial charge is 0.181 e. The molecule has 0 fully saturated rings. The van der Waals surface area contributed by atoms with Crippen LogP contribution in [0, 0.1) is 20.8 Å². The van der Waals surface area contributed by atoms with Crippen molar-refractivity contribution in [3.8, 4) is 0 Å². The Morgan fingerprint density at radius 1 is 0.952 bits per heavy atom. The lowest BCUT2D eigenvalue weighted by atomic mass is 10.0. The van der Waals surface area contributed by atoms with E-state index in [1.54, 1.807) is 30.3 Å². The second kappa shape index (κ2) is 6.00. The zero-order chi connectivity index (χ0) is 15.6. The number of hydrogen-bond donors (Lipinski definition) is 1. The molecule has 2 aromatic rings. The van der Waals surface area contributed by atoms with Crippen molar-refractivity contribution < 1.29 is 13.5 Å². The summed E-state index contributed by atoms with van der Waals surface area (Å²) in [6.45, 7) is 5.75. The Morgan fingerprint density at radius 2 is 1.52 bits per heavy atom. The molecule has 0 aliphatic rings. The Labute approximate surface area is 126 Å². The number of rotatable bonds is 4. The lowest BCUT2D eigenvalue weighted by Crippen LogP contribution is -2.15. The van der Waals surface area contributed by atoms with Crippen molar-refractivity contribution in [1.29, 1.82) is 0 Å². The molecule has 0 saturated carbocycles. The minimum absolute atomic E-state index is 0.247. The third kappa shape index (κ3) is 3.71. The van der Waals surface area contributed by atoms with Crippen LogP contribution >= 0.6 is 0 Å². The lowest BCUT2D eigenvalue weighted by Gasteiger charge is -2.15. The van der Waals surface area contributed by atoms with Crippen LogP contribution in [0.25, 0.3) is 0 Å². The van der Waals surface area contributed by atoms with Gasteiger partial charge in [0.05, 0.1) is 16.8 Å². The SMILES string of the molecule is Cc1ccc(S(=O)(=O)CC(O)c2ccc(C)cc2C)cc1. The highest BCUT2D eigenvalue weighted by Crippen LogP contribution is 2.23. The Morgan fingerprint density at radius 3 is 2.10 bits per heavy atom. The van der Waals surface area contributed by atoms with Crippen LogP contribution in [0.4, 0.5) is 0 Å². The molecule has 0 aromatic heterocycles. The molecule has 0 aliphatic heterocycles. The van der Waals surface area contributed by atoms with Gasteiger partial charge >= 0.3 is 0 Å². The zero-order valence-electron chi connectivity index (χ0n) is 12.5. The van der Waals surface area contributed by atoms with Gasteiger partial charge in [-0.15, -0.1) is 0 Å². The maximum atomic E-state index is 12.3. The van der Waals surface area contributed by atoms with E-state index in [0.717, 1.165) is 16.7 Å². The number of benzene rings is 2. The number of aryl methyl sites for hydroxylation is 3. The molecule has 2 aromatic carbocycles. The van der Waals surface area contributed by atoms with Crippen LogP contribution in [-0.2, 0) is 9.84 Å². The van der Waals surface area contributed by atoms with Crippen LogP contribution in [-0.4, -0.2) is 19.3 Å². The summed E-state index contributed by atoms with van der Waals surface area (Å²) in [4.78, 5) is 0.247. The largest absolute Gasteiger partial charge is 0.387 e. The fourth-order valence-electron chi connectivity index (χ4n) is 2.34. The van der Waals surface area contributed by atoms with Gasteiger partial charge in [0.2, 0.25) is 0 Å². The van der Waals surface area contributed by atoms with Crippen molar-refractivity contribution in [1.82, 2.24) is 0 Å². The summed E-state index contributed by atoms with van der Waals surface area (Å²) in [7, 11) is -3.50. The highest BCUT2D eigenvalue weighted by Gasteiger charge is 2.21. The molecule has 0 heterocycles. The fraction of sp³-hybridized carbons (Fsp3) is 0.294. The second-order valence-corrected chi connectivity index (χ2v) is 7.50. The Kier molecular flexibility index (Phi) is 4.49. The molecule has 1 unspecified atom stereocenters. The number of hydrogen-bond acceptors (Lipinski definition) is 3. The molecule has 112 valence electrons. The third-order valence-electron chi connectivity index (χ3n) is 3.54. The van der Waals surface area contributed by atoms with E-state index in [9.17, 15) is 13.5 Å². The van der Waals surface area contributed by atoms with Crippen LogP contribution in [0.3, 0.4) is 0 Å². The summed E-state index contributed by atoms with van der Waals surface area (Å²) in [5.41, 5.74) is 3.66. The quantitative estimate of drug-likeness (QED) is 0.944. The first kappa shape index (κ1) is 15.7. The highest BCUT2D eigenvalue weighted by atomic mass is 32.2. The molecule has 0 aliphatic carbocycles. The van der Waals surface area contributed by atoms with Gasteiger partial charge in [0.1, 0.15) is 0 Å². The molecule has 1 atom stereocenters. The van der Waals surface area contributed by atoms with Gasteiger partial charge < -0.3 is 5.11 Å². The van der Waals surface area contributed by atoms with Crippen molar-refractivity contribution in [2.24, 2.45) is 0 Å². The highest BCUT2D eigenvalue weighted by molar-refractivity contribution is 7.91. The molecule has 3 nitrogen and oxygen atoms in total. The predicted molar refractivity (Wildman–Crippen MR) is 84.1 cm³/mol. The van der Waals surface area contributed by atoms with E-state index in [-0.39, 0.29) is 10.6 Å². The van der Waals surface area contributed by atoms with E-state index in [0.29, 0.717) is 5.56 Å². The van der Waals surface area contributed by atoms with Gasteiger partial charge in [0, 0.05) is 0 Å². The predicted octanol–water partition coefficient (Wildman–Crippen LogP) is 3.12. The molecule has 21 heavy (non-hydrogen) atoms. The molecule has 2 rings (SSSR count). The van der Waals surface area contributed by atoms with Crippen LogP contribution in [0.1, 0.15) is 28.4 Å². The molecular formula is C17H20O3S. The van der Waals surface area contributed by atoms with Crippen LogP contribution in [0.2, 0.25) is 0 Å². The molecule has 0 saturated heterocycles. The van der Waals surface area contributed by atoms with E-state index < -0.39 is 15.9 Å². The molecular weight excluding hydrogens is 284 g/mol. The Bertz CT molecular complexity index is 731. The van der Waals surface area contributed by atoms with Gasteiger partial charge in [-0.05, 0) is 44.0 Å². The summed E-state index contributed by atoms with van der Waals surface area (Å²) < 4.78 is 24.7. The van der Waals surface area contributed by atoms with Crippen molar-refractivity contribution >= 4 is 9.84 Å². The molecule has 0 bridgehead atoms. The first-order valence-electron chi connectivity index (χ1n) is 6.84. The fourth-order valence-corrected chi connectivity index (χ4v) is 3.68. The summed E-state index contributed by atoms with van der Waals surface area (Å²) in [6.07, 6.45) is -1.02. The molecule has 1 N–H and O–H groups in total. The summed E-state index contributed by atoms with van der Waals surface area (Å²) in [5, 5.41) is 10.3. The van der Waals surface area contributed by atoms with Crippen molar-refractivity contribution in [2.75, 3.05) is 5.75 Å². The molecule has 0 amide bonds. The Hall–Kier alpha value is -1.65. The zero-order valence-corrected chi connectivity index (χ0v) is 13.3. The number of aliphatic hydroxyl groups is 1. The topological polar surface area (TPSA) is 54.4 Å². The Balaban J connectivity index is 2.25. The number of sulfone groups is 1. The third-order valence-corrected chi connectivity index (χ3v) is 5.29. The normalized spacial score (nSPS) is 13.1. The van der Waals surface area contributed by atoms with E-state index >= 15 is 0 Å². The van der Waals surface area contributed by atoms with Crippen molar-refractivity contribution in [2.45, 2.75) is 31.8 Å². The monoisotopic (exact) mass is 304 g/mol. The summed E-state index contributed by atoms with van der Waals surface area (Å²) in [6, 6.07) is 12.3. The van der Waals surface area contributed by atoms with E-state index in [1.165, 1.54) is 0 Å². The van der Waals surface area contributed by atoms with Gasteiger partial charge in [-0.3, -0.25) is 0 Å². The maximum absolute atomic E-state index is 12.3. The number of aliphatic hydroxyl groups excluding tert-OH is 1. The van der Waals surface area contributed by atoms with E-state index in [4.69, 9.17) is 0 Å². The molecule has 0 spiro atoms. The molecule has 0 radical (unpaired) electrons. The summed E-state index contributed by atoms with van der Waals surface area (Å²) >= 11 is 0. The van der Waals surface area contributed by atoms with Crippen molar-refractivity contribution in [3.63, 3.8) is 0 Å². The first-order chi connectivity index (χ1) is 9.79. The second-order valence-electron chi connectivity index (χ2n) is 5.47. The van der Waals surface area contributed by atoms with Crippen LogP contribution < -0.4 is 0 Å². The average Bonchev–Trinajstić information content (AvgIpc) is 2.38.